The highest BCUT2D eigenvalue weighted by atomic mass is 32.1. The van der Waals surface area contributed by atoms with Gasteiger partial charge >= 0.3 is 0 Å². The molecule has 1 N–H and O–H groups in total. The Morgan fingerprint density at radius 3 is 2.61 bits per heavy atom. The lowest BCUT2D eigenvalue weighted by Gasteiger charge is -2.05. The highest BCUT2D eigenvalue weighted by Gasteiger charge is 2.17. The average Bonchev–Trinajstić information content (AvgIpc) is 3.18. The van der Waals surface area contributed by atoms with E-state index in [0.29, 0.717) is 5.13 Å². The number of carbonyl (C=O) groups excluding carboxylic acids is 1. The summed E-state index contributed by atoms with van der Waals surface area (Å²) in [6.45, 7) is 8.06. The molecule has 6 heteroatoms. The van der Waals surface area contributed by atoms with Crippen molar-refractivity contribution >= 4 is 32.6 Å². The Balaban J connectivity index is 1.56. The van der Waals surface area contributed by atoms with Crippen molar-refractivity contribution in [1.82, 2.24) is 14.8 Å². The van der Waals surface area contributed by atoms with E-state index in [0.717, 1.165) is 38.4 Å². The van der Waals surface area contributed by atoms with Crippen LogP contribution in [0.25, 0.3) is 15.9 Å². The number of thiazole rings is 1. The van der Waals surface area contributed by atoms with E-state index >= 15 is 0 Å². The lowest BCUT2D eigenvalue weighted by Crippen LogP contribution is -2.15. The normalized spacial score (nSPS) is 11.1. The average molecular weight is 391 g/mol. The molecule has 2 aromatic carbocycles. The van der Waals surface area contributed by atoms with Crippen molar-refractivity contribution < 1.29 is 4.79 Å². The van der Waals surface area contributed by atoms with Gasteiger partial charge in [-0.3, -0.25) is 4.79 Å². The Morgan fingerprint density at radius 2 is 1.86 bits per heavy atom. The molecule has 0 saturated carbocycles. The monoisotopic (exact) mass is 390 g/mol. The minimum absolute atomic E-state index is 0.0766. The first-order valence-corrected chi connectivity index (χ1v) is 10.0. The second-order valence-corrected chi connectivity index (χ2v) is 8.10. The minimum Gasteiger partial charge on any atom is -0.302 e. The van der Waals surface area contributed by atoms with E-state index < -0.39 is 0 Å². The minimum atomic E-state index is -0.0766. The van der Waals surface area contributed by atoms with Gasteiger partial charge in [-0.1, -0.05) is 35.6 Å². The number of carbonyl (C=O) groups is 1. The van der Waals surface area contributed by atoms with Gasteiger partial charge in [-0.2, -0.15) is 5.10 Å². The molecular formula is C22H22N4OS. The molecule has 0 saturated heterocycles. The van der Waals surface area contributed by atoms with Gasteiger partial charge in [-0.05, 0) is 57.0 Å². The Kier molecular flexibility index (Phi) is 4.73. The topological polar surface area (TPSA) is 59.8 Å². The molecule has 0 fully saturated rings. The fourth-order valence-electron chi connectivity index (χ4n) is 3.50. The molecule has 0 unspecified atom stereocenters. The van der Waals surface area contributed by atoms with Crippen LogP contribution in [0.3, 0.4) is 0 Å². The summed E-state index contributed by atoms with van der Waals surface area (Å²) >= 11 is 1.51. The zero-order valence-corrected chi connectivity index (χ0v) is 17.2. The molecule has 5 nitrogen and oxygen atoms in total. The van der Waals surface area contributed by atoms with Crippen molar-refractivity contribution in [2.75, 3.05) is 5.32 Å². The molecule has 0 spiro atoms. The van der Waals surface area contributed by atoms with Crippen molar-refractivity contribution in [3.05, 3.63) is 70.5 Å². The number of aromatic nitrogens is 3. The molecule has 4 aromatic rings. The summed E-state index contributed by atoms with van der Waals surface area (Å²) in [6, 6.07) is 14.2. The van der Waals surface area contributed by atoms with Gasteiger partial charge in [0, 0.05) is 11.3 Å². The predicted molar refractivity (Wildman–Crippen MR) is 114 cm³/mol. The fraction of sp³-hybridized carbons (Fsp3) is 0.227. The fourth-order valence-corrected chi connectivity index (χ4v) is 4.56. The van der Waals surface area contributed by atoms with Crippen LogP contribution < -0.4 is 5.32 Å². The first-order chi connectivity index (χ1) is 13.4. The smallest absolute Gasteiger partial charge is 0.230 e. The lowest BCUT2D eigenvalue weighted by atomic mass is 10.1. The zero-order valence-electron chi connectivity index (χ0n) is 16.4. The highest BCUT2D eigenvalue weighted by Crippen LogP contribution is 2.29. The number of fused-ring (bicyclic) bond motifs is 1. The summed E-state index contributed by atoms with van der Waals surface area (Å²) in [5, 5.41) is 8.22. The predicted octanol–water partition coefficient (Wildman–Crippen LogP) is 4.90. The second kappa shape index (κ2) is 7.20. The van der Waals surface area contributed by atoms with Gasteiger partial charge < -0.3 is 5.32 Å². The van der Waals surface area contributed by atoms with Gasteiger partial charge in [-0.25, -0.2) is 9.67 Å². The molecule has 0 bridgehead atoms. The molecule has 142 valence electrons. The molecule has 28 heavy (non-hydrogen) atoms. The third kappa shape index (κ3) is 3.43. The molecule has 0 radical (unpaired) electrons. The quantitative estimate of drug-likeness (QED) is 0.539. The van der Waals surface area contributed by atoms with Gasteiger partial charge in [0.05, 0.1) is 28.0 Å². The van der Waals surface area contributed by atoms with Crippen molar-refractivity contribution in [2.45, 2.75) is 34.1 Å². The van der Waals surface area contributed by atoms with Gasteiger partial charge in [0.2, 0.25) is 5.91 Å². The number of para-hydroxylation sites is 1. The number of rotatable bonds is 4. The SMILES string of the molecule is Cc1cc(C)c2nc(NC(=O)Cc3c(C)nn(-c4ccccc4)c3C)sc2c1. The summed E-state index contributed by atoms with van der Waals surface area (Å²) in [6.07, 6.45) is 0.276. The van der Waals surface area contributed by atoms with Crippen LogP contribution >= 0.6 is 11.3 Å². The number of hydrogen-bond acceptors (Lipinski definition) is 4. The van der Waals surface area contributed by atoms with Crippen molar-refractivity contribution in [3.63, 3.8) is 0 Å². The van der Waals surface area contributed by atoms with Crippen LogP contribution in [-0.4, -0.2) is 20.7 Å². The molecule has 1 amide bonds. The molecular weight excluding hydrogens is 368 g/mol. The summed E-state index contributed by atoms with van der Waals surface area (Å²) in [5.41, 5.74) is 7.08. The van der Waals surface area contributed by atoms with E-state index in [4.69, 9.17) is 0 Å². The third-order valence-electron chi connectivity index (χ3n) is 4.86. The van der Waals surface area contributed by atoms with E-state index in [-0.39, 0.29) is 12.3 Å². The van der Waals surface area contributed by atoms with E-state index in [1.54, 1.807) is 0 Å². The van der Waals surface area contributed by atoms with Crippen LogP contribution in [0, 0.1) is 27.7 Å². The number of nitrogens with one attached hydrogen (secondary N) is 1. The van der Waals surface area contributed by atoms with Crippen LogP contribution in [0.4, 0.5) is 5.13 Å². The van der Waals surface area contributed by atoms with Crippen molar-refractivity contribution in [2.24, 2.45) is 0 Å². The molecule has 0 aliphatic heterocycles. The van der Waals surface area contributed by atoms with E-state index in [9.17, 15) is 4.79 Å². The largest absolute Gasteiger partial charge is 0.302 e. The van der Waals surface area contributed by atoms with Crippen LogP contribution in [0.5, 0.6) is 0 Å². The molecule has 0 aliphatic rings. The molecule has 4 rings (SSSR count). The van der Waals surface area contributed by atoms with E-state index in [2.05, 4.69) is 34.5 Å². The van der Waals surface area contributed by atoms with Crippen molar-refractivity contribution in [3.8, 4) is 5.69 Å². The third-order valence-corrected chi connectivity index (χ3v) is 5.77. The molecule has 0 aliphatic carbocycles. The van der Waals surface area contributed by atoms with E-state index in [1.165, 1.54) is 16.9 Å². The maximum Gasteiger partial charge on any atom is 0.230 e. The van der Waals surface area contributed by atoms with Crippen LogP contribution in [0.2, 0.25) is 0 Å². The molecule has 2 aromatic heterocycles. The van der Waals surface area contributed by atoms with E-state index in [1.807, 2.05) is 55.8 Å². The van der Waals surface area contributed by atoms with Crippen molar-refractivity contribution in [1.29, 1.82) is 0 Å². The van der Waals surface area contributed by atoms with Crippen LogP contribution in [0.1, 0.15) is 28.1 Å². The Bertz CT molecular complexity index is 1170. The standard InChI is InChI=1S/C22H22N4OS/c1-13-10-14(2)21-19(11-13)28-22(24-21)23-20(27)12-18-15(3)25-26(16(18)4)17-8-6-5-7-9-17/h5-11H,12H2,1-4H3,(H,23,24,27). The summed E-state index contributed by atoms with van der Waals surface area (Å²) in [4.78, 5) is 17.3. The number of hydrogen-bond donors (Lipinski definition) is 1. The maximum absolute atomic E-state index is 12.7. The van der Waals surface area contributed by atoms with Gasteiger partial charge in [0.1, 0.15) is 0 Å². The van der Waals surface area contributed by atoms with Gasteiger partial charge in [0.15, 0.2) is 5.13 Å². The Morgan fingerprint density at radius 1 is 1.11 bits per heavy atom. The summed E-state index contributed by atoms with van der Waals surface area (Å²) < 4.78 is 2.99. The van der Waals surface area contributed by atoms with Gasteiger partial charge in [-0.15, -0.1) is 0 Å². The molecule has 0 atom stereocenters. The van der Waals surface area contributed by atoms with Crippen LogP contribution in [-0.2, 0) is 11.2 Å². The Labute approximate surface area is 168 Å². The van der Waals surface area contributed by atoms with Crippen LogP contribution in [0.15, 0.2) is 42.5 Å². The summed E-state index contributed by atoms with van der Waals surface area (Å²) in [5.74, 6) is -0.0766. The maximum atomic E-state index is 12.7. The second-order valence-electron chi connectivity index (χ2n) is 7.07. The Hall–Kier alpha value is -2.99. The number of anilines is 1. The lowest BCUT2D eigenvalue weighted by molar-refractivity contribution is -0.115. The first kappa shape index (κ1) is 18.4. The zero-order chi connectivity index (χ0) is 19.8. The number of benzene rings is 2. The number of nitrogens with zero attached hydrogens (tertiary/aromatic N) is 3. The number of aryl methyl sites for hydroxylation is 3. The first-order valence-electron chi connectivity index (χ1n) is 9.20. The molecule has 2 heterocycles. The summed E-state index contributed by atoms with van der Waals surface area (Å²) in [7, 11) is 0. The highest BCUT2D eigenvalue weighted by molar-refractivity contribution is 7.22. The number of amides is 1. The van der Waals surface area contributed by atoms with Gasteiger partial charge in [0.25, 0.3) is 0 Å².